The minimum Gasteiger partial charge on any atom is -0.326 e. The largest absolute Gasteiger partial charge is 0.326 e. The molecule has 1 amide bonds. The standard InChI is InChI=1S/C15H19N5O.ClH/c1-10-17-14(20-19-10)11-2-4-13(5-3-11)18-15(21)12-6-8-16-9-7-12;/h2-5,12,16H,6-9H2,1H3,(H,18,21)(H,17,19,20);1H. The molecule has 1 aromatic carbocycles. The Balaban J connectivity index is 0.00000176. The van der Waals surface area contributed by atoms with Gasteiger partial charge >= 0.3 is 0 Å². The molecule has 0 aliphatic carbocycles. The van der Waals surface area contributed by atoms with Gasteiger partial charge in [0, 0.05) is 17.2 Å². The summed E-state index contributed by atoms with van der Waals surface area (Å²) in [4.78, 5) is 16.4. The zero-order valence-electron chi connectivity index (χ0n) is 12.4. The maximum atomic E-state index is 12.2. The van der Waals surface area contributed by atoms with E-state index in [1.807, 2.05) is 31.2 Å². The van der Waals surface area contributed by atoms with E-state index in [4.69, 9.17) is 0 Å². The van der Waals surface area contributed by atoms with Gasteiger partial charge in [-0.1, -0.05) is 0 Å². The van der Waals surface area contributed by atoms with Gasteiger partial charge < -0.3 is 10.6 Å². The lowest BCUT2D eigenvalue weighted by atomic mass is 9.97. The highest BCUT2D eigenvalue weighted by molar-refractivity contribution is 5.92. The lowest BCUT2D eigenvalue weighted by Gasteiger charge is -2.21. The van der Waals surface area contributed by atoms with Crippen LogP contribution in [0, 0.1) is 12.8 Å². The van der Waals surface area contributed by atoms with Crippen molar-refractivity contribution in [3.05, 3.63) is 30.1 Å². The SMILES string of the molecule is Cc1nc(-c2ccc(NC(=O)C3CCNCC3)cc2)n[nH]1.Cl. The number of aryl methyl sites for hydroxylation is 1. The fourth-order valence-electron chi connectivity index (χ4n) is 2.50. The van der Waals surface area contributed by atoms with Crippen molar-refractivity contribution < 1.29 is 4.79 Å². The number of carbonyl (C=O) groups is 1. The van der Waals surface area contributed by atoms with Gasteiger partial charge in [0.25, 0.3) is 0 Å². The maximum Gasteiger partial charge on any atom is 0.227 e. The van der Waals surface area contributed by atoms with Crippen LogP contribution < -0.4 is 10.6 Å². The molecular weight excluding hydrogens is 302 g/mol. The Kier molecular flexibility index (Phi) is 5.51. The fraction of sp³-hybridized carbons (Fsp3) is 0.400. The van der Waals surface area contributed by atoms with E-state index in [2.05, 4.69) is 25.8 Å². The van der Waals surface area contributed by atoms with Gasteiger partial charge in [-0.15, -0.1) is 12.4 Å². The van der Waals surface area contributed by atoms with Crippen LogP contribution in [-0.4, -0.2) is 34.2 Å². The van der Waals surface area contributed by atoms with Crippen LogP contribution in [0.3, 0.4) is 0 Å². The number of hydrogen-bond donors (Lipinski definition) is 3. The van der Waals surface area contributed by atoms with Crippen molar-refractivity contribution in [3.8, 4) is 11.4 Å². The van der Waals surface area contributed by atoms with E-state index in [-0.39, 0.29) is 24.2 Å². The van der Waals surface area contributed by atoms with Gasteiger partial charge in [-0.25, -0.2) is 4.98 Å². The number of rotatable bonds is 3. The average Bonchev–Trinajstić information content (AvgIpc) is 2.95. The topological polar surface area (TPSA) is 82.7 Å². The number of anilines is 1. The smallest absolute Gasteiger partial charge is 0.227 e. The summed E-state index contributed by atoms with van der Waals surface area (Å²) in [5.41, 5.74) is 1.74. The Morgan fingerprint density at radius 1 is 1.23 bits per heavy atom. The molecule has 0 spiro atoms. The molecule has 7 heteroatoms. The minimum absolute atomic E-state index is 0. The average molecular weight is 322 g/mol. The molecule has 3 N–H and O–H groups in total. The first-order chi connectivity index (χ1) is 10.2. The summed E-state index contributed by atoms with van der Waals surface area (Å²) >= 11 is 0. The number of nitrogens with zero attached hydrogens (tertiary/aromatic N) is 2. The Labute approximate surface area is 135 Å². The van der Waals surface area contributed by atoms with Crippen molar-refractivity contribution in [1.29, 1.82) is 0 Å². The Bertz CT molecular complexity index is 619. The van der Waals surface area contributed by atoms with Crippen molar-refractivity contribution in [1.82, 2.24) is 20.5 Å². The Morgan fingerprint density at radius 2 is 1.91 bits per heavy atom. The zero-order valence-corrected chi connectivity index (χ0v) is 13.2. The highest BCUT2D eigenvalue weighted by Crippen LogP contribution is 2.19. The molecule has 0 bridgehead atoms. The first-order valence-corrected chi connectivity index (χ1v) is 7.23. The summed E-state index contributed by atoms with van der Waals surface area (Å²) in [5, 5.41) is 13.2. The van der Waals surface area contributed by atoms with E-state index in [9.17, 15) is 4.79 Å². The van der Waals surface area contributed by atoms with Gasteiger partial charge in [-0.3, -0.25) is 9.89 Å². The molecule has 1 aliphatic heterocycles. The van der Waals surface area contributed by atoms with E-state index < -0.39 is 0 Å². The van der Waals surface area contributed by atoms with E-state index in [1.54, 1.807) is 0 Å². The Morgan fingerprint density at radius 3 is 2.50 bits per heavy atom. The van der Waals surface area contributed by atoms with Crippen molar-refractivity contribution in [2.24, 2.45) is 5.92 Å². The van der Waals surface area contributed by atoms with Gasteiger partial charge in [0.05, 0.1) is 0 Å². The predicted molar refractivity (Wildman–Crippen MR) is 88.0 cm³/mol. The lowest BCUT2D eigenvalue weighted by molar-refractivity contribution is -0.120. The molecule has 0 radical (unpaired) electrons. The van der Waals surface area contributed by atoms with Crippen molar-refractivity contribution in [2.75, 3.05) is 18.4 Å². The first kappa shape index (κ1) is 16.5. The van der Waals surface area contributed by atoms with Crippen molar-refractivity contribution in [2.45, 2.75) is 19.8 Å². The summed E-state index contributed by atoms with van der Waals surface area (Å²) in [5.74, 6) is 1.68. The van der Waals surface area contributed by atoms with E-state index in [0.29, 0.717) is 5.82 Å². The molecule has 0 saturated carbocycles. The quantitative estimate of drug-likeness (QED) is 0.809. The Hall–Kier alpha value is -1.92. The van der Waals surface area contributed by atoms with E-state index in [0.717, 1.165) is 43.0 Å². The molecule has 1 fully saturated rings. The molecular formula is C15H20ClN5O. The second-order valence-electron chi connectivity index (χ2n) is 5.34. The number of nitrogens with one attached hydrogen (secondary N) is 3. The molecule has 1 aliphatic rings. The molecule has 118 valence electrons. The van der Waals surface area contributed by atoms with Gasteiger partial charge in [-0.05, 0) is 57.1 Å². The molecule has 1 aromatic heterocycles. The molecule has 0 atom stereocenters. The van der Waals surface area contributed by atoms with Crippen molar-refractivity contribution >= 4 is 24.0 Å². The number of piperidine rings is 1. The third-order valence-electron chi connectivity index (χ3n) is 3.72. The molecule has 1 saturated heterocycles. The number of carbonyl (C=O) groups excluding carboxylic acids is 1. The zero-order chi connectivity index (χ0) is 14.7. The van der Waals surface area contributed by atoms with Crippen LogP contribution in [0.15, 0.2) is 24.3 Å². The van der Waals surface area contributed by atoms with E-state index >= 15 is 0 Å². The van der Waals surface area contributed by atoms with Crippen molar-refractivity contribution in [3.63, 3.8) is 0 Å². The highest BCUT2D eigenvalue weighted by Gasteiger charge is 2.20. The molecule has 2 aromatic rings. The number of hydrogen-bond acceptors (Lipinski definition) is 4. The first-order valence-electron chi connectivity index (χ1n) is 7.23. The van der Waals surface area contributed by atoms with Crippen LogP contribution in [0.2, 0.25) is 0 Å². The number of amides is 1. The maximum absolute atomic E-state index is 12.2. The van der Waals surface area contributed by atoms with Crippen LogP contribution in [0.1, 0.15) is 18.7 Å². The van der Waals surface area contributed by atoms with Crippen LogP contribution in [0.4, 0.5) is 5.69 Å². The number of aromatic nitrogens is 3. The summed E-state index contributed by atoms with van der Waals surface area (Å²) in [7, 11) is 0. The summed E-state index contributed by atoms with van der Waals surface area (Å²) in [6.07, 6.45) is 1.81. The van der Waals surface area contributed by atoms with Gasteiger partial charge in [0.15, 0.2) is 5.82 Å². The number of H-pyrrole nitrogens is 1. The lowest BCUT2D eigenvalue weighted by Crippen LogP contribution is -2.34. The third kappa shape index (κ3) is 3.84. The minimum atomic E-state index is 0. The van der Waals surface area contributed by atoms with Crippen LogP contribution in [-0.2, 0) is 4.79 Å². The normalized spacial score (nSPS) is 15.1. The number of halogens is 1. The van der Waals surface area contributed by atoms with E-state index in [1.165, 1.54) is 0 Å². The van der Waals surface area contributed by atoms with Gasteiger partial charge in [-0.2, -0.15) is 5.10 Å². The fourth-order valence-corrected chi connectivity index (χ4v) is 2.50. The molecule has 6 nitrogen and oxygen atoms in total. The van der Waals surface area contributed by atoms with Gasteiger partial charge in [0.1, 0.15) is 5.82 Å². The number of aromatic amines is 1. The second-order valence-corrected chi connectivity index (χ2v) is 5.34. The molecule has 22 heavy (non-hydrogen) atoms. The monoisotopic (exact) mass is 321 g/mol. The second kappa shape index (κ2) is 7.38. The number of benzene rings is 1. The molecule has 0 unspecified atom stereocenters. The van der Waals surface area contributed by atoms with Gasteiger partial charge in [0.2, 0.25) is 5.91 Å². The predicted octanol–water partition coefficient (Wildman–Crippen LogP) is 2.14. The highest BCUT2D eigenvalue weighted by atomic mass is 35.5. The third-order valence-corrected chi connectivity index (χ3v) is 3.72. The van der Waals surface area contributed by atoms with Crippen LogP contribution in [0.25, 0.3) is 11.4 Å². The molecule has 3 rings (SSSR count). The molecule has 2 heterocycles. The summed E-state index contributed by atoms with van der Waals surface area (Å²) < 4.78 is 0. The van der Waals surface area contributed by atoms with Crippen LogP contribution >= 0.6 is 12.4 Å². The summed E-state index contributed by atoms with van der Waals surface area (Å²) in [6, 6.07) is 7.61. The summed E-state index contributed by atoms with van der Waals surface area (Å²) in [6.45, 7) is 3.70. The van der Waals surface area contributed by atoms with Crippen LogP contribution in [0.5, 0.6) is 0 Å².